The van der Waals surface area contributed by atoms with E-state index in [1.54, 1.807) is 0 Å². The Morgan fingerprint density at radius 1 is 0.730 bits per heavy atom. The number of benzene rings is 2. The summed E-state index contributed by atoms with van der Waals surface area (Å²) in [6.45, 7) is 0. The Morgan fingerprint density at radius 3 is 1.68 bits per heavy atom. The Hall–Kier alpha value is -1.77. The minimum Gasteiger partial charge on any atom is -0.744 e. The molecule has 0 saturated heterocycles. The van der Waals surface area contributed by atoms with Gasteiger partial charge in [-0.15, -0.1) is 0 Å². The molecule has 0 radical (unpaired) electrons. The van der Waals surface area contributed by atoms with E-state index in [9.17, 15) is 74.4 Å². The van der Waals surface area contributed by atoms with Gasteiger partial charge in [-0.2, -0.15) is 52.7 Å². The van der Waals surface area contributed by atoms with Gasteiger partial charge in [-0.25, -0.2) is 17.2 Å². The fourth-order valence-electron chi connectivity index (χ4n) is 2.96. The number of rotatable bonds is 9. The molecule has 37 heavy (non-hydrogen) atoms. The molecule has 2 aromatic carbocycles. The summed E-state index contributed by atoms with van der Waals surface area (Å²) < 4.78 is 221. The van der Waals surface area contributed by atoms with Gasteiger partial charge in [-0.05, 0) is 28.5 Å². The average Bonchev–Trinajstić information content (AvgIpc) is 2.71. The maximum atomic E-state index is 14.3. The molecule has 19 heteroatoms. The summed E-state index contributed by atoms with van der Waals surface area (Å²) >= 11 is 0. The van der Waals surface area contributed by atoms with Crippen molar-refractivity contribution in [3.8, 4) is 0 Å². The number of hydrogen-bond donors (Lipinski definition) is 0. The van der Waals surface area contributed by atoms with Gasteiger partial charge in [0, 0.05) is 6.42 Å². The van der Waals surface area contributed by atoms with E-state index in [-0.39, 0.29) is 18.9 Å². The first-order valence-corrected chi connectivity index (χ1v) is 10.3. The number of alkyl halides is 14. The molecule has 0 N–H and O–H groups in total. The molecule has 0 bridgehead atoms. The summed E-state index contributed by atoms with van der Waals surface area (Å²) in [6, 6.07) is 3.81. The molecule has 0 spiro atoms. The van der Waals surface area contributed by atoms with E-state index in [0.717, 1.165) is 12.1 Å². The van der Waals surface area contributed by atoms with Gasteiger partial charge in [0.1, 0.15) is 10.1 Å². The first kappa shape index (κ1) is 33.3. The molecule has 0 amide bonds. The molecule has 0 aliphatic heterocycles. The van der Waals surface area contributed by atoms with E-state index in [0.29, 0.717) is 24.3 Å². The number of fused-ring (bicyclic) bond motifs is 1. The Balaban J connectivity index is 0.00000684. The van der Waals surface area contributed by atoms with E-state index in [1.165, 1.54) is 0 Å². The zero-order valence-corrected chi connectivity index (χ0v) is 18.5. The molecule has 3 nitrogen and oxygen atoms in total. The Bertz CT molecular complexity index is 1250. The van der Waals surface area contributed by atoms with Crippen LogP contribution in [0.4, 0.5) is 61.5 Å². The van der Waals surface area contributed by atoms with Crippen molar-refractivity contribution in [3.63, 3.8) is 0 Å². The van der Waals surface area contributed by atoms with Crippen molar-refractivity contribution in [2.45, 2.75) is 53.3 Å². The molecule has 0 aliphatic rings. The summed E-state index contributed by atoms with van der Waals surface area (Å²) in [5, 5.41) is -1.03. The SMILES string of the molecule is O=S(=O)([O-])c1ccc2c(CC(F)(F)C(F)(F)C(F)(F)C(F)(F)C(F)(F)C(F)(F)C(F)F)cccc2c1.[Li+]. The average molecular weight is 578 g/mol. The normalized spacial score (nSPS) is 14.7. The van der Waals surface area contributed by atoms with Crippen LogP contribution < -0.4 is 18.9 Å². The van der Waals surface area contributed by atoms with Gasteiger partial charge < -0.3 is 4.55 Å². The van der Waals surface area contributed by atoms with Crippen LogP contribution in [0.5, 0.6) is 0 Å². The zero-order valence-electron chi connectivity index (χ0n) is 17.7. The smallest absolute Gasteiger partial charge is 0.744 e. The number of halogens is 14. The van der Waals surface area contributed by atoms with Crippen LogP contribution in [0.25, 0.3) is 10.8 Å². The van der Waals surface area contributed by atoms with Crippen LogP contribution in [-0.2, 0) is 16.5 Å². The molecule has 0 aromatic heterocycles. The zero-order chi connectivity index (χ0) is 28.3. The molecule has 0 heterocycles. The second-order valence-electron chi connectivity index (χ2n) is 7.36. The second-order valence-corrected chi connectivity index (χ2v) is 8.74. The van der Waals surface area contributed by atoms with Crippen molar-refractivity contribution in [3.05, 3.63) is 42.0 Å². The molecule has 0 aliphatic carbocycles. The third-order valence-electron chi connectivity index (χ3n) is 4.98. The van der Waals surface area contributed by atoms with Crippen LogP contribution in [0.1, 0.15) is 5.56 Å². The van der Waals surface area contributed by atoms with Crippen LogP contribution in [0, 0.1) is 0 Å². The van der Waals surface area contributed by atoms with Crippen LogP contribution in [-0.4, -0.2) is 54.9 Å². The Labute approximate surface area is 209 Å². The molecule has 0 atom stereocenters. The van der Waals surface area contributed by atoms with E-state index in [4.69, 9.17) is 0 Å². The predicted octanol–water partition coefficient (Wildman–Crippen LogP) is 3.37. The maximum absolute atomic E-state index is 14.3. The van der Waals surface area contributed by atoms with E-state index < -0.39 is 79.7 Å². The van der Waals surface area contributed by atoms with Crippen molar-refractivity contribution in [2.75, 3.05) is 0 Å². The molecular formula is C18H9F14LiO3S. The fourth-order valence-corrected chi connectivity index (χ4v) is 3.47. The van der Waals surface area contributed by atoms with E-state index in [1.807, 2.05) is 0 Å². The van der Waals surface area contributed by atoms with Gasteiger partial charge in [-0.3, -0.25) is 0 Å². The van der Waals surface area contributed by atoms with E-state index >= 15 is 0 Å². The van der Waals surface area contributed by atoms with Crippen molar-refractivity contribution in [1.82, 2.24) is 0 Å². The standard InChI is InChI=1S/C18H10F14O3S.Li/c19-12(20)14(23,24)16(27,28)18(31,32)17(29,30)15(25,26)13(21,22)7-9-3-1-2-8-6-10(36(33,34)35)4-5-11(8)9;/h1-6,12H,7H2,(H,33,34,35);/q;+1/p-1. The molecule has 204 valence electrons. The van der Waals surface area contributed by atoms with Gasteiger partial charge in [0.05, 0.1) is 4.90 Å². The summed E-state index contributed by atoms with van der Waals surface area (Å²) in [5.74, 6) is -45.3. The van der Waals surface area contributed by atoms with Gasteiger partial charge >= 0.3 is 60.8 Å². The van der Waals surface area contributed by atoms with Crippen molar-refractivity contribution < 1.29 is 93.3 Å². The van der Waals surface area contributed by atoms with Gasteiger partial charge in [0.2, 0.25) is 0 Å². The summed E-state index contributed by atoms with van der Waals surface area (Å²) in [4.78, 5) is -0.947. The first-order valence-electron chi connectivity index (χ1n) is 8.89. The third-order valence-corrected chi connectivity index (χ3v) is 5.81. The second kappa shape index (κ2) is 9.76. The molecular weight excluding hydrogens is 569 g/mol. The Morgan fingerprint density at radius 2 is 1.22 bits per heavy atom. The Kier molecular flexibility index (Phi) is 8.77. The third kappa shape index (κ3) is 5.13. The van der Waals surface area contributed by atoms with Crippen LogP contribution in [0.2, 0.25) is 0 Å². The van der Waals surface area contributed by atoms with Crippen LogP contribution >= 0.6 is 0 Å². The molecule has 0 unspecified atom stereocenters. The topological polar surface area (TPSA) is 57.2 Å². The van der Waals surface area contributed by atoms with Crippen molar-refractivity contribution in [2.24, 2.45) is 0 Å². The van der Waals surface area contributed by atoms with Crippen LogP contribution in [0.3, 0.4) is 0 Å². The maximum Gasteiger partial charge on any atom is 1.00 e. The minimum atomic E-state index is -8.12. The first-order chi connectivity index (χ1) is 15.9. The molecule has 0 fully saturated rings. The van der Waals surface area contributed by atoms with Crippen molar-refractivity contribution in [1.29, 1.82) is 0 Å². The van der Waals surface area contributed by atoms with Gasteiger partial charge in [-0.1, -0.05) is 24.3 Å². The predicted molar refractivity (Wildman–Crippen MR) is 91.3 cm³/mol. The monoisotopic (exact) mass is 578 g/mol. The quantitative estimate of drug-likeness (QED) is 0.261. The van der Waals surface area contributed by atoms with Crippen LogP contribution in [0.15, 0.2) is 41.3 Å². The largest absolute Gasteiger partial charge is 1.00 e. The fraction of sp³-hybridized carbons (Fsp3) is 0.444. The summed E-state index contributed by atoms with van der Waals surface area (Å²) in [5.41, 5.74) is -1.09. The summed E-state index contributed by atoms with van der Waals surface area (Å²) in [7, 11) is -5.12. The molecule has 2 aromatic rings. The van der Waals surface area contributed by atoms with Gasteiger partial charge in [0.25, 0.3) is 0 Å². The minimum absolute atomic E-state index is 0. The van der Waals surface area contributed by atoms with E-state index in [2.05, 4.69) is 0 Å². The summed E-state index contributed by atoms with van der Waals surface area (Å²) in [6.07, 6.45) is -8.41. The van der Waals surface area contributed by atoms with Gasteiger partial charge in [0.15, 0.2) is 0 Å². The number of hydrogen-bond acceptors (Lipinski definition) is 3. The van der Waals surface area contributed by atoms with Crippen molar-refractivity contribution >= 4 is 20.9 Å². The molecule has 2 rings (SSSR count). The molecule has 0 saturated carbocycles.